The Morgan fingerprint density at radius 1 is 1.35 bits per heavy atom. The Labute approximate surface area is 119 Å². The fourth-order valence-electron chi connectivity index (χ4n) is 1.73. The number of nitrogen functional groups attached to an aromatic ring is 1. The lowest BCUT2D eigenvalue weighted by Gasteiger charge is -2.11. The summed E-state index contributed by atoms with van der Waals surface area (Å²) < 4.78 is 13.8. The fraction of sp³-hybridized carbons (Fsp3) is 0.0714. The van der Waals surface area contributed by atoms with Gasteiger partial charge in [-0.3, -0.25) is 0 Å². The molecule has 20 heavy (non-hydrogen) atoms. The SMILES string of the molecule is CSc1cccc(Nc2cc(C(=O)O)c(N)cc2F)c1. The molecule has 2 rings (SSSR count). The molecule has 0 aliphatic rings. The van der Waals surface area contributed by atoms with Crippen molar-refractivity contribution in [3.8, 4) is 0 Å². The minimum Gasteiger partial charge on any atom is -0.478 e. The molecule has 2 aromatic carbocycles. The lowest BCUT2D eigenvalue weighted by molar-refractivity contribution is 0.0698. The number of carboxylic acids is 1. The molecule has 4 N–H and O–H groups in total. The number of aromatic carboxylic acids is 1. The van der Waals surface area contributed by atoms with Crippen LogP contribution in [0.1, 0.15) is 10.4 Å². The monoisotopic (exact) mass is 292 g/mol. The summed E-state index contributed by atoms with van der Waals surface area (Å²) in [5, 5.41) is 11.9. The summed E-state index contributed by atoms with van der Waals surface area (Å²) in [5.74, 6) is -1.79. The van der Waals surface area contributed by atoms with E-state index in [0.29, 0.717) is 5.69 Å². The summed E-state index contributed by atoms with van der Waals surface area (Å²) in [6.07, 6.45) is 1.94. The van der Waals surface area contributed by atoms with Crippen LogP contribution in [0.3, 0.4) is 0 Å². The van der Waals surface area contributed by atoms with E-state index in [1.165, 1.54) is 6.07 Å². The molecule has 0 fully saturated rings. The van der Waals surface area contributed by atoms with Crippen LogP contribution in [0.25, 0.3) is 0 Å². The Morgan fingerprint density at radius 2 is 2.10 bits per heavy atom. The van der Waals surface area contributed by atoms with Gasteiger partial charge in [0.05, 0.1) is 11.3 Å². The predicted molar refractivity (Wildman–Crippen MR) is 79.3 cm³/mol. The summed E-state index contributed by atoms with van der Waals surface area (Å²) in [7, 11) is 0. The Balaban J connectivity index is 2.37. The van der Waals surface area contributed by atoms with E-state index in [1.807, 2.05) is 24.5 Å². The van der Waals surface area contributed by atoms with Gasteiger partial charge in [-0.15, -0.1) is 11.8 Å². The smallest absolute Gasteiger partial charge is 0.337 e. The van der Waals surface area contributed by atoms with E-state index >= 15 is 0 Å². The van der Waals surface area contributed by atoms with E-state index in [2.05, 4.69) is 5.32 Å². The van der Waals surface area contributed by atoms with Gasteiger partial charge in [0.15, 0.2) is 0 Å². The molecular formula is C14H13FN2O2S. The van der Waals surface area contributed by atoms with E-state index in [4.69, 9.17) is 10.8 Å². The first-order valence-electron chi connectivity index (χ1n) is 5.74. The zero-order valence-corrected chi connectivity index (χ0v) is 11.5. The number of anilines is 3. The average Bonchev–Trinajstić information content (AvgIpc) is 2.41. The maximum atomic E-state index is 13.8. The van der Waals surface area contributed by atoms with Gasteiger partial charge in [-0.25, -0.2) is 9.18 Å². The number of thioether (sulfide) groups is 1. The van der Waals surface area contributed by atoms with Crippen LogP contribution in [0.4, 0.5) is 21.5 Å². The maximum absolute atomic E-state index is 13.8. The second-order valence-corrected chi connectivity index (χ2v) is 4.96. The quantitative estimate of drug-likeness (QED) is 0.593. The third kappa shape index (κ3) is 3.03. The van der Waals surface area contributed by atoms with E-state index in [-0.39, 0.29) is 16.9 Å². The van der Waals surface area contributed by atoms with Gasteiger partial charge >= 0.3 is 5.97 Å². The van der Waals surface area contributed by atoms with Crippen LogP contribution < -0.4 is 11.1 Å². The van der Waals surface area contributed by atoms with Crippen molar-refractivity contribution in [1.29, 1.82) is 0 Å². The highest BCUT2D eigenvalue weighted by molar-refractivity contribution is 7.98. The standard InChI is InChI=1S/C14H13FN2O2S/c1-20-9-4-2-3-8(5-9)17-13-6-10(14(18)19)12(16)7-11(13)15/h2-7,17H,16H2,1H3,(H,18,19). The molecule has 0 radical (unpaired) electrons. The first-order valence-corrected chi connectivity index (χ1v) is 6.97. The minimum absolute atomic E-state index is 0.0786. The third-order valence-electron chi connectivity index (χ3n) is 2.72. The third-order valence-corrected chi connectivity index (χ3v) is 3.44. The van der Waals surface area contributed by atoms with Crippen LogP contribution in [0, 0.1) is 5.82 Å². The number of hydrogen-bond donors (Lipinski definition) is 3. The van der Waals surface area contributed by atoms with Gasteiger partial charge in [0, 0.05) is 16.3 Å². The number of rotatable bonds is 4. The van der Waals surface area contributed by atoms with Crippen molar-refractivity contribution >= 4 is 34.8 Å². The Hall–Kier alpha value is -2.21. The molecule has 0 saturated carbocycles. The fourth-order valence-corrected chi connectivity index (χ4v) is 2.19. The van der Waals surface area contributed by atoms with Gasteiger partial charge in [0.2, 0.25) is 0 Å². The molecule has 0 aliphatic carbocycles. The zero-order valence-electron chi connectivity index (χ0n) is 10.7. The molecule has 104 valence electrons. The van der Waals surface area contributed by atoms with Gasteiger partial charge in [0.1, 0.15) is 5.82 Å². The Morgan fingerprint density at radius 3 is 2.75 bits per heavy atom. The number of carbonyl (C=O) groups is 1. The summed E-state index contributed by atoms with van der Waals surface area (Å²) in [6, 6.07) is 9.58. The van der Waals surface area contributed by atoms with Gasteiger partial charge in [-0.2, -0.15) is 0 Å². The molecule has 0 saturated heterocycles. The summed E-state index contributed by atoms with van der Waals surface area (Å²) in [5.41, 5.74) is 6.01. The highest BCUT2D eigenvalue weighted by Crippen LogP contribution is 2.27. The van der Waals surface area contributed by atoms with Crippen LogP contribution in [0.5, 0.6) is 0 Å². The van der Waals surface area contributed by atoms with Crippen molar-refractivity contribution in [2.75, 3.05) is 17.3 Å². The number of nitrogens with two attached hydrogens (primary N) is 1. The van der Waals surface area contributed by atoms with Crippen molar-refractivity contribution in [2.24, 2.45) is 0 Å². The largest absolute Gasteiger partial charge is 0.478 e. The van der Waals surface area contributed by atoms with E-state index in [0.717, 1.165) is 11.0 Å². The van der Waals surface area contributed by atoms with Crippen LogP contribution in [-0.4, -0.2) is 17.3 Å². The number of benzene rings is 2. The van der Waals surface area contributed by atoms with Crippen molar-refractivity contribution in [1.82, 2.24) is 0 Å². The van der Waals surface area contributed by atoms with Crippen molar-refractivity contribution < 1.29 is 14.3 Å². The highest BCUT2D eigenvalue weighted by atomic mass is 32.2. The molecule has 4 nitrogen and oxygen atoms in total. The first kappa shape index (κ1) is 14.2. The molecule has 2 aromatic rings. The molecule has 0 spiro atoms. The number of nitrogens with one attached hydrogen (secondary N) is 1. The molecule has 0 unspecified atom stereocenters. The molecule has 0 aromatic heterocycles. The number of hydrogen-bond acceptors (Lipinski definition) is 4. The molecule has 6 heteroatoms. The Bertz CT molecular complexity index is 662. The van der Waals surface area contributed by atoms with E-state index in [1.54, 1.807) is 17.8 Å². The lowest BCUT2D eigenvalue weighted by Crippen LogP contribution is -2.05. The molecular weight excluding hydrogens is 279 g/mol. The maximum Gasteiger partial charge on any atom is 0.337 e. The van der Waals surface area contributed by atoms with Crippen LogP contribution in [0.15, 0.2) is 41.3 Å². The molecule has 0 atom stereocenters. The van der Waals surface area contributed by atoms with Crippen LogP contribution in [0.2, 0.25) is 0 Å². The van der Waals surface area contributed by atoms with Gasteiger partial charge < -0.3 is 16.2 Å². The van der Waals surface area contributed by atoms with Crippen molar-refractivity contribution in [3.05, 3.63) is 47.8 Å². The van der Waals surface area contributed by atoms with E-state index in [9.17, 15) is 9.18 Å². The number of carboxylic acid groups (broad SMARTS) is 1. The predicted octanol–water partition coefficient (Wildman–Crippen LogP) is 3.57. The second-order valence-electron chi connectivity index (χ2n) is 4.08. The topological polar surface area (TPSA) is 75.3 Å². The minimum atomic E-state index is -1.19. The first-order chi connectivity index (χ1) is 9.51. The zero-order chi connectivity index (χ0) is 14.7. The molecule has 0 heterocycles. The van der Waals surface area contributed by atoms with Crippen LogP contribution >= 0.6 is 11.8 Å². The van der Waals surface area contributed by atoms with Crippen LogP contribution in [-0.2, 0) is 0 Å². The van der Waals surface area contributed by atoms with Crippen molar-refractivity contribution in [3.63, 3.8) is 0 Å². The van der Waals surface area contributed by atoms with Gasteiger partial charge in [0.25, 0.3) is 0 Å². The van der Waals surface area contributed by atoms with Gasteiger partial charge in [-0.1, -0.05) is 6.07 Å². The molecule has 0 amide bonds. The molecule has 0 bridgehead atoms. The molecule has 0 aliphatic heterocycles. The average molecular weight is 292 g/mol. The number of halogens is 1. The van der Waals surface area contributed by atoms with Gasteiger partial charge in [-0.05, 0) is 36.6 Å². The normalized spacial score (nSPS) is 10.3. The second kappa shape index (κ2) is 5.83. The summed E-state index contributed by atoms with van der Waals surface area (Å²) in [4.78, 5) is 12.0. The Kier molecular flexibility index (Phi) is 4.14. The summed E-state index contributed by atoms with van der Waals surface area (Å²) >= 11 is 1.56. The van der Waals surface area contributed by atoms with E-state index < -0.39 is 11.8 Å². The summed E-state index contributed by atoms with van der Waals surface area (Å²) in [6.45, 7) is 0. The lowest BCUT2D eigenvalue weighted by atomic mass is 10.1. The van der Waals surface area contributed by atoms with Crippen molar-refractivity contribution in [2.45, 2.75) is 4.90 Å². The highest BCUT2D eigenvalue weighted by Gasteiger charge is 2.13.